The number of rotatable bonds is 6. The van der Waals surface area contributed by atoms with Crippen LogP contribution < -0.4 is 10.7 Å². The van der Waals surface area contributed by atoms with Crippen molar-refractivity contribution >= 4 is 11.7 Å². The predicted octanol–water partition coefficient (Wildman–Crippen LogP) is 3.87. The molecule has 0 saturated carbocycles. The molecule has 0 spiro atoms. The maximum atomic E-state index is 14.2. The topological polar surface area (TPSA) is 103 Å². The Labute approximate surface area is 215 Å². The molecule has 2 aliphatic rings. The zero-order valence-corrected chi connectivity index (χ0v) is 21.4. The lowest BCUT2D eigenvalue weighted by atomic mass is 9.91. The minimum atomic E-state index is -0.731. The van der Waals surface area contributed by atoms with E-state index in [0.717, 1.165) is 11.1 Å². The number of aliphatic hydroxyl groups excluding tert-OH is 1. The maximum Gasteiger partial charge on any atom is 0.234 e. The second-order valence-corrected chi connectivity index (χ2v) is 10.4. The molecule has 2 aliphatic heterocycles. The van der Waals surface area contributed by atoms with Gasteiger partial charge in [-0.25, -0.2) is 4.39 Å². The Bertz CT molecular complexity index is 1320. The number of halogens is 1. The van der Waals surface area contributed by atoms with Gasteiger partial charge < -0.3 is 19.8 Å². The molecule has 5 rings (SSSR count). The number of amides is 1. The summed E-state index contributed by atoms with van der Waals surface area (Å²) >= 11 is 0. The van der Waals surface area contributed by atoms with E-state index in [4.69, 9.17) is 4.52 Å². The number of aryl methyl sites for hydroxylation is 1. The summed E-state index contributed by atoms with van der Waals surface area (Å²) in [5, 5.41) is 22.5. The lowest BCUT2D eigenvalue weighted by molar-refractivity contribution is -0.134. The SMILES string of the molecule is Cc1cc(C(C(=O)N2CC(O)C[C@H]2C2=NNC(C)(c3ccc(-c4ccccc4F)cc3)N2)C(C)C)on1. The van der Waals surface area contributed by atoms with Crippen LogP contribution in [0.2, 0.25) is 0 Å². The fraction of sp³-hybridized carbons (Fsp3) is 0.393. The molecule has 3 heterocycles. The van der Waals surface area contributed by atoms with Crippen molar-refractivity contribution in [2.45, 2.75) is 57.8 Å². The number of hydrogen-bond acceptors (Lipinski definition) is 7. The van der Waals surface area contributed by atoms with Crippen molar-refractivity contribution in [2.24, 2.45) is 11.0 Å². The Morgan fingerprint density at radius 2 is 1.95 bits per heavy atom. The Morgan fingerprint density at radius 1 is 1.22 bits per heavy atom. The number of nitrogens with zero attached hydrogens (tertiary/aromatic N) is 3. The first-order chi connectivity index (χ1) is 17.7. The molecule has 1 saturated heterocycles. The summed E-state index contributed by atoms with van der Waals surface area (Å²) in [5.74, 6) is 0.182. The number of β-amino-alcohol motifs (C(OH)–C–C–N with tert-alkyl or cyclic N) is 1. The second-order valence-electron chi connectivity index (χ2n) is 10.4. The Kier molecular flexibility index (Phi) is 6.49. The molecule has 1 aromatic heterocycles. The van der Waals surface area contributed by atoms with Crippen molar-refractivity contribution in [2.75, 3.05) is 6.54 Å². The third-order valence-corrected chi connectivity index (χ3v) is 7.19. The van der Waals surface area contributed by atoms with E-state index in [-0.39, 0.29) is 24.2 Å². The van der Waals surface area contributed by atoms with E-state index in [9.17, 15) is 14.3 Å². The number of amidine groups is 1. The molecule has 0 bridgehead atoms. The standard InChI is InChI=1S/C28H32FN5O3/c1-16(2)25(24-13-17(3)32-37-24)27(36)34-15-20(35)14-23(34)26-30-28(4,33-31-26)19-11-9-18(10-12-19)21-7-5-6-8-22(21)29/h5-13,16,20,23,25,33,35H,14-15H2,1-4H3,(H,30,31)/t20?,23-,25?,28?/m0/s1. The Morgan fingerprint density at radius 3 is 2.59 bits per heavy atom. The van der Waals surface area contributed by atoms with Crippen LogP contribution in [0.5, 0.6) is 0 Å². The van der Waals surface area contributed by atoms with Crippen LogP contribution in [0.1, 0.15) is 50.1 Å². The molecule has 9 heteroatoms. The molecule has 0 radical (unpaired) electrons. The monoisotopic (exact) mass is 505 g/mol. The van der Waals surface area contributed by atoms with Gasteiger partial charge in [0.1, 0.15) is 29.0 Å². The van der Waals surface area contributed by atoms with Gasteiger partial charge in [-0.05, 0) is 37.0 Å². The van der Waals surface area contributed by atoms with Gasteiger partial charge in [-0.3, -0.25) is 10.2 Å². The highest BCUT2D eigenvalue weighted by Gasteiger charge is 2.45. The first-order valence-corrected chi connectivity index (χ1v) is 12.6. The number of aliphatic hydroxyl groups is 1. The van der Waals surface area contributed by atoms with Crippen molar-refractivity contribution in [1.82, 2.24) is 20.8 Å². The van der Waals surface area contributed by atoms with Gasteiger partial charge in [-0.1, -0.05) is 61.5 Å². The van der Waals surface area contributed by atoms with E-state index in [0.29, 0.717) is 29.3 Å². The molecular weight excluding hydrogens is 473 g/mol. The lowest BCUT2D eigenvalue weighted by Crippen LogP contribution is -2.52. The number of carbonyl (C=O) groups is 1. The van der Waals surface area contributed by atoms with Crippen LogP contribution in [-0.2, 0) is 10.5 Å². The summed E-state index contributed by atoms with van der Waals surface area (Å²) in [5.41, 5.74) is 5.37. The van der Waals surface area contributed by atoms with Crippen LogP contribution in [0.15, 0.2) is 64.2 Å². The second kappa shape index (κ2) is 9.63. The van der Waals surface area contributed by atoms with Gasteiger partial charge in [0.15, 0.2) is 0 Å². The zero-order chi connectivity index (χ0) is 26.3. The molecule has 3 unspecified atom stereocenters. The number of hydrogen-bond donors (Lipinski definition) is 3. The third-order valence-electron chi connectivity index (χ3n) is 7.19. The summed E-state index contributed by atoms with van der Waals surface area (Å²) in [6, 6.07) is 15.7. The van der Waals surface area contributed by atoms with E-state index in [1.165, 1.54) is 6.07 Å². The largest absolute Gasteiger partial charge is 0.391 e. The average molecular weight is 506 g/mol. The van der Waals surface area contributed by atoms with Crippen LogP contribution in [0.25, 0.3) is 11.1 Å². The van der Waals surface area contributed by atoms with Gasteiger partial charge in [0, 0.05) is 24.6 Å². The van der Waals surface area contributed by atoms with Crippen LogP contribution in [0.4, 0.5) is 4.39 Å². The highest BCUT2D eigenvalue weighted by Crippen LogP contribution is 2.33. The summed E-state index contributed by atoms with van der Waals surface area (Å²) in [6.45, 7) is 7.93. The smallest absolute Gasteiger partial charge is 0.234 e. The van der Waals surface area contributed by atoms with Crippen molar-refractivity contribution in [3.63, 3.8) is 0 Å². The summed E-state index contributed by atoms with van der Waals surface area (Å²) in [6.07, 6.45) is -0.281. The highest BCUT2D eigenvalue weighted by molar-refractivity contribution is 5.95. The maximum absolute atomic E-state index is 14.2. The van der Waals surface area contributed by atoms with Crippen molar-refractivity contribution < 1.29 is 18.8 Å². The average Bonchev–Trinajstić information content (AvgIpc) is 3.58. The minimum Gasteiger partial charge on any atom is -0.391 e. The minimum absolute atomic E-state index is 0.0203. The fourth-order valence-electron chi connectivity index (χ4n) is 5.22. The van der Waals surface area contributed by atoms with Crippen molar-refractivity contribution in [1.29, 1.82) is 0 Å². The molecule has 194 valence electrons. The van der Waals surface area contributed by atoms with E-state index in [1.807, 2.05) is 58.0 Å². The Balaban J connectivity index is 1.35. The van der Waals surface area contributed by atoms with Crippen LogP contribution in [0.3, 0.4) is 0 Å². The van der Waals surface area contributed by atoms with Crippen LogP contribution in [-0.4, -0.2) is 45.6 Å². The first kappa shape index (κ1) is 25.0. The normalized spacial score (nSPS) is 24.1. The number of hydrazone groups is 1. The van der Waals surface area contributed by atoms with Crippen molar-refractivity contribution in [3.8, 4) is 11.1 Å². The zero-order valence-electron chi connectivity index (χ0n) is 21.4. The van der Waals surface area contributed by atoms with Gasteiger partial charge in [0.05, 0.1) is 17.8 Å². The van der Waals surface area contributed by atoms with E-state index in [2.05, 4.69) is 21.0 Å². The number of likely N-dealkylation sites (tertiary alicyclic amines) is 1. The quantitative estimate of drug-likeness (QED) is 0.470. The number of nitrogens with one attached hydrogen (secondary N) is 2. The summed E-state index contributed by atoms with van der Waals surface area (Å²) in [7, 11) is 0. The summed E-state index contributed by atoms with van der Waals surface area (Å²) in [4.78, 5) is 15.4. The molecule has 3 N–H and O–H groups in total. The van der Waals surface area contributed by atoms with Gasteiger partial charge >= 0.3 is 0 Å². The number of aromatic nitrogens is 1. The predicted molar refractivity (Wildman–Crippen MR) is 138 cm³/mol. The lowest BCUT2D eigenvalue weighted by Gasteiger charge is -2.31. The number of carbonyl (C=O) groups excluding carboxylic acids is 1. The molecule has 37 heavy (non-hydrogen) atoms. The van der Waals surface area contributed by atoms with Crippen molar-refractivity contribution in [3.05, 3.63) is 77.4 Å². The van der Waals surface area contributed by atoms with Gasteiger partial charge in [0.2, 0.25) is 5.91 Å². The molecule has 2 aromatic carbocycles. The van der Waals surface area contributed by atoms with E-state index in [1.54, 1.807) is 23.1 Å². The fourth-order valence-corrected chi connectivity index (χ4v) is 5.22. The third kappa shape index (κ3) is 4.71. The molecule has 1 amide bonds. The van der Waals surface area contributed by atoms with Gasteiger partial charge in [-0.15, -0.1) is 0 Å². The van der Waals surface area contributed by atoms with Crippen LogP contribution >= 0.6 is 0 Å². The molecule has 8 nitrogen and oxygen atoms in total. The molecule has 4 atom stereocenters. The van der Waals surface area contributed by atoms with E-state index >= 15 is 0 Å². The van der Waals surface area contributed by atoms with E-state index < -0.39 is 23.7 Å². The highest BCUT2D eigenvalue weighted by atomic mass is 19.1. The van der Waals surface area contributed by atoms with Crippen LogP contribution in [0, 0.1) is 18.7 Å². The molecule has 3 aromatic rings. The molecule has 0 aliphatic carbocycles. The van der Waals surface area contributed by atoms with Gasteiger partial charge in [0.25, 0.3) is 0 Å². The first-order valence-electron chi connectivity index (χ1n) is 12.6. The number of benzene rings is 2. The Hall–Kier alpha value is -3.72. The summed E-state index contributed by atoms with van der Waals surface area (Å²) < 4.78 is 19.7. The molecule has 1 fully saturated rings. The van der Waals surface area contributed by atoms with Gasteiger partial charge in [-0.2, -0.15) is 5.10 Å². The molecular formula is C28H32FN5O3.